The van der Waals surface area contributed by atoms with Crippen LogP contribution in [0.3, 0.4) is 0 Å². The lowest BCUT2D eigenvalue weighted by molar-refractivity contribution is -0.127. The van der Waals surface area contributed by atoms with Crippen LogP contribution in [0, 0.1) is 35.4 Å². The molecule has 3 bridgehead atoms. The summed E-state index contributed by atoms with van der Waals surface area (Å²) in [6.07, 6.45) is 8.62. The fourth-order valence-corrected chi connectivity index (χ4v) is 8.69. The van der Waals surface area contributed by atoms with Gasteiger partial charge >= 0.3 is 0 Å². The number of nitrogens with one attached hydrogen (secondary N) is 1. The van der Waals surface area contributed by atoms with Crippen LogP contribution in [0.25, 0.3) is 0 Å². The Morgan fingerprint density at radius 2 is 1.71 bits per heavy atom. The van der Waals surface area contributed by atoms with Crippen molar-refractivity contribution in [2.45, 2.75) is 62.3 Å². The molecule has 5 nitrogen and oxygen atoms in total. The Balaban J connectivity index is 1.19. The Bertz CT molecular complexity index is 964. The summed E-state index contributed by atoms with van der Waals surface area (Å²) in [6, 6.07) is 3.61. The number of amides is 1. The predicted octanol–water partition coefficient (Wildman–Crippen LogP) is 4.21. The van der Waals surface area contributed by atoms with Crippen LogP contribution in [0.1, 0.15) is 51.4 Å². The van der Waals surface area contributed by atoms with Gasteiger partial charge in [0.25, 0.3) is 0 Å². The third kappa shape index (κ3) is 4.13. The number of rotatable bonds is 4. The van der Waals surface area contributed by atoms with Crippen LogP contribution < -0.4 is 5.32 Å². The molecule has 0 spiro atoms. The molecule has 0 aromatic heterocycles. The second kappa shape index (κ2) is 8.31. The van der Waals surface area contributed by atoms with Crippen molar-refractivity contribution in [3.8, 4) is 0 Å². The highest BCUT2D eigenvalue weighted by Gasteiger charge is 2.46. The molecule has 3 saturated carbocycles. The number of hydrogen-bond acceptors (Lipinski definition) is 3. The number of halogens is 2. The third-order valence-electron chi connectivity index (χ3n) is 8.26. The molecule has 4 fully saturated rings. The summed E-state index contributed by atoms with van der Waals surface area (Å²) in [7, 11) is -3.80. The molecule has 1 aromatic carbocycles. The highest BCUT2D eigenvalue weighted by molar-refractivity contribution is 7.89. The summed E-state index contributed by atoms with van der Waals surface area (Å²) in [6.45, 7) is 0.545. The normalized spacial score (nSPS) is 33.9. The fourth-order valence-electron chi connectivity index (χ4n) is 6.72. The molecular weight excluding hydrogens is 439 g/mol. The zero-order valence-corrected chi connectivity index (χ0v) is 19.2. The van der Waals surface area contributed by atoms with Gasteiger partial charge in [-0.1, -0.05) is 11.6 Å². The van der Waals surface area contributed by atoms with Crippen LogP contribution in [-0.4, -0.2) is 37.8 Å². The summed E-state index contributed by atoms with van der Waals surface area (Å²) < 4.78 is 40.5. The van der Waals surface area contributed by atoms with Crippen molar-refractivity contribution in [1.82, 2.24) is 9.62 Å². The fraction of sp³-hybridized carbons (Fsp3) is 0.696. The van der Waals surface area contributed by atoms with Gasteiger partial charge in [0.05, 0.1) is 5.02 Å². The lowest BCUT2D eigenvalue weighted by Gasteiger charge is -2.35. The van der Waals surface area contributed by atoms with Crippen molar-refractivity contribution in [3.05, 3.63) is 29.0 Å². The van der Waals surface area contributed by atoms with E-state index in [2.05, 4.69) is 5.32 Å². The van der Waals surface area contributed by atoms with E-state index in [1.807, 2.05) is 0 Å². The maximum absolute atomic E-state index is 13.3. The van der Waals surface area contributed by atoms with E-state index in [-0.39, 0.29) is 40.9 Å². The summed E-state index contributed by atoms with van der Waals surface area (Å²) in [5, 5.41) is 3.24. The zero-order chi connectivity index (χ0) is 21.8. The molecule has 5 unspecified atom stereocenters. The maximum Gasteiger partial charge on any atom is 0.244 e. The minimum atomic E-state index is -3.80. The number of benzene rings is 1. The van der Waals surface area contributed by atoms with E-state index in [1.165, 1.54) is 42.5 Å². The van der Waals surface area contributed by atoms with E-state index in [1.54, 1.807) is 0 Å². The molecule has 1 amide bonds. The highest BCUT2D eigenvalue weighted by atomic mass is 35.5. The molecular formula is C23H30ClFN2O3S. The number of fused-ring (bicyclic) bond motifs is 2. The van der Waals surface area contributed by atoms with Gasteiger partial charge < -0.3 is 5.32 Å². The number of carbonyl (C=O) groups excluding carboxylic acids is 1. The van der Waals surface area contributed by atoms with Crippen molar-refractivity contribution in [3.63, 3.8) is 0 Å². The summed E-state index contributed by atoms with van der Waals surface area (Å²) in [5.41, 5.74) is 0. The van der Waals surface area contributed by atoms with E-state index in [4.69, 9.17) is 11.6 Å². The first-order chi connectivity index (χ1) is 14.8. The third-order valence-corrected chi connectivity index (χ3v) is 10.6. The van der Waals surface area contributed by atoms with Gasteiger partial charge in [-0.25, -0.2) is 12.8 Å². The number of sulfonamides is 1. The van der Waals surface area contributed by atoms with Crippen molar-refractivity contribution >= 4 is 27.5 Å². The molecule has 3 aliphatic carbocycles. The Kier molecular flexibility index (Phi) is 5.80. The molecule has 1 aliphatic heterocycles. The molecule has 5 rings (SSSR count). The monoisotopic (exact) mass is 468 g/mol. The van der Waals surface area contributed by atoms with Crippen LogP contribution in [0.5, 0.6) is 0 Å². The standard InChI is InChI=1S/C23H30ClFN2O3S/c24-20-13-19(25)2-4-22(20)31(29,30)27-7-5-15(6-8-27)23(28)26-21-3-1-16-9-14-10-17(16)12-18(21)11-14/h2,4,13-18,21H,1,3,5-12H2,(H,26,28). The van der Waals surface area contributed by atoms with Crippen molar-refractivity contribution in [2.24, 2.45) is 29.6 Å². The first-order valence-electron chi connectivity index (χ1n) is 11.6. The van der Waals surface area contributed by atoms with Crippen molar-refractivity contribution < 1.29 is 17.6 Å². The highest BCUT2D eigenvalue weighted by Crippen LogP contribution is 2.53. The first kappa shape index (κ1) is 21.7. The van der Waals surface area contributed by atoms with E-state index < -0.39 is 15.8 Å². The van der Waals surface area contributed by atoms with Crippen LogP contribution in [0.2, 0.25) is 5.02 Å². The lowest BCUT2D eigenvalue weighted by atomic mass is 9.77. The molecule has 31 heavy (non-hydrogen) atoms. The zero-order valence-electron chi connectivity index (χ0n) is 17.6. The van der Waals surface area contributed by atoms with E-state index in [0.29, 0.717) is 18.8 Å². The van der Waals surface area contributed by atoms with E-state index >= 15 is 0 Å². The van der Waals surface area contributed by atoms with Gasteiger partial charge in [-0.2, -0.15) is 4.31 Å². The Morgan fingerprint density at radius 1 is 1.00 bits per heavy atom. The van der Waals surface area contributed by atoms with Crippen LogP contribution in [0.15, 0.2) is 23.1 Å². The summed E-state index contributed by atoms with van der Waals surface area (Å²) in [5.74, 6) is 2.56. The molecule has 4 aliphatic rings. The SMILES string of the molecule is O=C(NC1CCC2CC3CC2CC1C3)C1CCN(S(=O)(=O)c2ccc(F)cc2Cl)CC1. The number of carbonyl (C=O) groups is 1. The smallest absolute Gasteiger partial charge is 0.244 e. The Hall–Kier alpha value is -1.18. The summed E-state index contributed by atoms with van der Waals surface area (Å²) >= 11 is 5.98. The van der Waals surface area contributed by atoms with Crippen molar-refractivity contribution in [1.29, 1.82) is 0 Å². The van der Waals surface area contributed by atoms with Gasteiger partial charge in [0.2, 0.25) is 15.9 Å². The van der Waals surface area contributed by atoms with Crippen LogP contribution in [-0.2, 0) is 14.8 Å². The molecule has 1 N–H and O–H groups in total. The average molecular weight is 469 g/mol. The van der Waals surface area contributed by atoms with Crippen LogP contribution in [0.4, 0.5) is 4.39 Å². The van der Waals surface area contributed by atoms with Gasteiger partial charge in [-0.05, 0) is 93.2 Å². The molecule has 5 atom stereocenters. The quantitative estimate of drug-likeness (QED) is 0.719. The first-order valence-corrected chi connectivity index (χ1v) is 13.4. The number of hydrogen-bond donors (Lipinski definition) is 1. The van der Waals surface area contributed by atoms with E-state index in [0.717, 1.165) is 36.3 Å². The van der Waals surface area contributed by atoms with Crippen molar-refractivity contribution in [2.75, 3.05) is 13.1 Å². The lowest BCUT2D eigenvalue weighted by Crippen LogP contribution is -2.47. The second-order valence-electron chi connectivity index (χ2n) is 10.0. The second-order valence-corrected chi connectivity index (χ2v) is 12.3. The average Bonchev–Trinajstić information content (AvgIpc) is 2.96. The maximum atomic E-state index is 13.3. The molecule has 1 saturated heterocycles. The van der Waals surface area contributed by atoms with Crippen LogP contribution >= 0.6 is 11.6 Å². The summed E-state index contributed by atoms with van der Waals surface area (Å²) in [4.78, 5) is 12.9. The molecule has 8 heteroatoms. The van der Waals surface area contributed by atoms with Gasteiger partial charge in [-0.3, -0.25) is 4.79 Å². The van der Waals surface area contributed by atoms with Gasteiger partial charge in [-0.15, -0.1) is 0 Å². The molecule has 1 heterocycles. The van der Waals surface area contributed by atoms with E-state index in [9.17, 15) is 17.6 Å². The van der Waals surface area contributed by atoms with Gasteiger partial charge in [0.15, 0.2) is 0 Å². The minimum Gasteiger partial charge on any atom is -0.353 e. The minimum absolute atomic E-state index is 0.0812. The Morgan fingerprint density at radius 3 is 2.45 bits per heavy atom. The van der Waals surface area contributed by atoms with Gasteiger partial charge in [0, 0.05) is 25.0 Å². The number of nitrogens with zero attached hydrogens (tertiary/aromatic N) is 1. The largest absolute Gasteiger partial charge is 0.353 e. The number of piperidine rings is 1. The topological polar surface area (TPSA) is 66.5 Å². The molecule has 170 valence electrons. The predicted molar refractivity (Wildman–Crippen MR) is 116 cm³/mol. The molecule has 1 aromatic rings. The van der Waals surface area contributed by atoms with Gasteiger partial charge in [0.1, 0.15) is 10.7 Å². The molecule has 0 radical (unpaired) electrons. The Labute approximate surface area is 188 Å².